The molecule has 0 atom stereocenters. The molecule has 33 heavy (non-hydrogen) atoms. The Labute approximate surface area is 244 Å². The molecule has 3 aromatic rings. The van der Waals surface area contributed by atoms with Crippen molar-refractivity contribution in [3.05, 3.63) is 78.9 Å². The lowest BCUT2D eigenvalue weighted by atomic mass is 10.3. The summed E-state index contributed by atoms with van der Waals surface area (Å²) in [7, 11) is -0.560. The maximum atomic E-state index is 12.5. The summed E-state index contributed by atoms with van der Waals surface area (Å²) in [5.41, 5.74) is 0. The lowest BCUT2D eigenvalue weighted by molar-refractivity contribution is -0.132. The van der Waals surface area contributed by atoms with Crippen molar-refractivity contribution in [2.24, 2.45) is 0 Å². The minimum absolute atomic E-state index is 0.219. The van der Waals surface area contributed by atoms with Crippen LogP contribution in [0.3, 0.4) is 0 Å². The quantitative estimate of drug-likeness (QED) is 0.112. The van der Waals surface area contributed by atoms with Gasteiger partial charge in [0.15, 0.2) is 14.7 Å². The van der Waals surface area contributed by atoms with Gasteiger partial charge in [-0.2, -0.15) is 0 Å². The van der Waals surface area contributed by atoms with Gasteiger partial charge >= 0.3 is 11.9 Å². The predicted molar refractivity (Wildman–Crippen MR) is 152 cm³/mol. The Balaban J connectivity index is 2.14. The summed E-state index contributed by atoms with van der Waals surface area (Å²) in [6, 6.07) is 24.9. The first-order valence-corrected chi connectivity index (χ1v) is 15.0. The number of rotatable bonds is 5. The minimum Gasteiger partial charge on any atom is -0.424 e. The van der Waals surface area contributed by atoms with Crippen molar-refractivity contribution in [2.45, 2.75) is 19.0 Å². The molecule has 0 aliphatic rings. The van der Waals surface area contributed by atoms with Crippen molar-refractivity contribution < 1.29 is 19.1 Å². The van der Waals surface area contributed by atoms with Gasteiger partial charge in [0.2, 0.25) is 4.29 Å². The van der Waals surface area contributed by atoms with Crippen molar-refractivity contribution in [3.63, 3.8) is 0 Å². The molecular weight excluding hydrogens is 840 g/mol. The number of carbonyl (C=O) groups excluding carboxylic acids is 2. The van der Waals surface area contributed by atoms with Crippen LogP contribution < -0.4 is 9.47 Å². The fraction of sp³-hybridized carbons (Fsp3) is 0.0909. The Morgan fingerprint density at radius 2 is 0.939 bits per heavy atom. The van der Waals surface area contributed by atoms with E-state index < -0.39 is 27.1 Å². The molecule has 0 bridgehead atoms. The average Bonchev–Trinajstić information content (AvgIpc) is 2.74. The molecule has 0 aliphatic heterocycles. The molecule has 0 amide bonds. The number of hydrogen-bond acceptors (Lipinski definition) is 4. The zero-order chi connectivity index (χ0) is 24.2. The van der Waals surface area contributed by atoms with E-state index in [1.807, 2.05) is 60.7 Å². The molecule has 0 fully saturated rings. The first kappa shape index (κ1) is 27.4. The van der Waals surface area contributed by atoms with E-state index in [2.05, 4.69) is 95.6 Å². The number of alkyl halides is 6. The second-order valence-electron chi connectivity index (χ2n) is 6.35. The third-order valence-electron chi connectivity index (χ3n) is 3.93. The molecule has 4 nitrogen and oxygen atoms in total. The van der Waals surface area contributed by atoms with Gasteiger partial charge in [0.05, 0.1) is 10.9 Å². The van der Waals surface area contributed by atoms with Crippen LogP contribution in [0.2, 0.25) is 0 Å². The normalized spacial score (nSPS) is 11.8. The molecular formula is C22H13Br6O4S+. The largest absolute Gasteiger partial charge is 0.424 e. The van der Waals surface area contributed by atoms with Crippen molar-refractivity contribution in [3.8, 4) is 11.5 Å². The van der Waals surface area contributed by atoms with Crippen molar-refractivity contribution in [1.82, 2.24) is 0 Å². The summed E-state index contributed by atoms with van der Waals surface area (Å²) >= 11 is 19.0. The van der Waals surface area contributed by atoms with Crippen molar-refractivity contribution >= 4 is 118 Å². The molecule has 3 rings (SSSR count). The molecule has 0 radical (unpaired) electrons. The molecule has 3 aromatic carbocycles. The van der Waals surface area contributed by atoms with Crippen LogP contribution in [0.15, 0.2) is 93.5 Å². The van der Waals surface area contributed by atoms with Crippen LogP contribution in [-0.4, -0.2) is 16.2 Å². The van der Waals surface area contributed by atoms with Crippen molar-refractivity contribution in [1.29, 1.82) is 0 Å². The Hall–Kier alpha value is -0.170. The van der Waals surface area contributed by atoms with Gasteiger partial charge in [0, 0.05) is 18.2 Å². The van der Waals surface area contributed by atoms with Gasteiger partial charge < -0.3 is 9.47 Å². The van der Waals surface area contributed by atoms with Crippen LogP contribution in [0.4, 0.5) is 0 Å². The molecule has 11 heteroatoms. The zero-order valence-electron chi connectivity index (χ0n) is 16.3. The summed E-state index contributed by atoms with van der Waals surface area (Å²) in [5, 5.41) is 0. The molecule has 172 valence electrons. The van der Waals surface area contributed by atoms with E-state index in [1.54, 1.807) is 12.1 Å². The fourth-order valence-corrected chi connectivity index (χ4v) is 5.26. The highest BCUT2D eigenvalue weighted by atomic mass is 80.0. The first-order valence-electron chi connectivity index (χ1n) is 9.02. The van der Waals surface area contributed by atoms with E-state index in [1.165, 1.54) is 6.07 Å². The van der Waals surface area contributed by atoms with E-state index in [9.17, 15) is 9.59 Å². The van der Waals surface area contributed by atoms with Crippen LogP contribution in [0, 0.1) is 0 Å². The van der Waals surface area contributed by atoms with Gasteiger partial charge in [-0.25, -0.2) is 9.59 Å². The standard InChI is InChI=1S/C22H13Br6O4S/c23-21(24,25)19(29)31-14-11-15(32-20(30)22(26,27)28)13-18(12-14)33(16-7-3-1-4-8-16)17-9-5-2-6-10-17/h1-13H/q+1. The maximum absolute atomic E-state index is 12.5. The molecule has 0 saturated heterocycles. The lowest BCUT2D eigenvalue weighted by Crippen LogP contribution is -2.24. The Morgan fingerprint density at radius 1 is 0.576 bits per heavy atom. The van der Waals surface area contributed by atoms with Crippen LogP contribution in [0.25, 0.3) is 0 Å². The number of ether oxygens (including phenoxy) is 2. The van der Waals surface area contributed by atoms with Crippen LogP contribution in [-0.2, 0) is 20.5 Å². The van der Waals surface area contributed by atoms with Gasteiger partial charge in [-0.15, -0.1) is 0 Å². The van der Waals surface area contributed by atoms with E-state index in [0.29, 0.717) is 0 Å². The summed E-state index contributed by atoms with van der Waals surface area (Å²) in [5.74, 6) is -0.826. The smallest absolute Gasteiger partial charge is 0.350 e. The van der Waals surface area contributed by atoms with E-state index in [4.69, 9.17) is 9.47 Å². The molecule has 0 unspecified atom stereocenters. The lowest BCUT2D eigenvalue weighted by Gasteiger charge is -2.15. The summed E-state index contributed by atoms with van der Waals surface area (Å²) in [6.45, 7) is 0. The first-order chi connectivity index (χ1) is 15.4. The Kier molecular flexibility index (Phi) is 9.73. The Morgan fingerprint density at radius 3 is 1.27 bits per heavy atom. The monoisotopic (exact) mass is 847 g/mol. The Bertz CT molecular complexity index is 1050. The maximum Gasteiger partial charge on any atom is 0.350 e. The third-order valence-corrected chi connectivity index (χ3v) is 8.07. The fourth-order valence-electron chi connectivity index (χ4n) is 2.63. The number of esters is 2. The predicted octanol–water partition coefficient (Wildman–Crippen LogP) is 8.27. The summed E-state index contributed by atoms with van der Waals surface area (Å²) in [4.78, 5) is 27.8. The highest BCUT2D eigenvalue weighted by Crippen LogP contribution is 2.40. The number of hydrogen-bond donors (Lipinski definition) is 0. The number of halogens is 6. The second kappa shape index (κ2) is 11.7. The molecule has 0 spiro atoms. The zero-order valence-corrected chi connectivity index (χ0v) is 26.6. The summed E-state index contributed by atoms with van der Waals surface area (Å²) in [6.07, 6.45) is 0. The highest BCUT2D eigenvalue weighted by molar-refractivity contribution is 9.40. The minimum atomic E-state index is -1.25. The highest BCUT2D eigenvalue weighted by Gasteiger charge is 2.35. The van der Waals surface area contributed by atoms with Gasteiger partial charge in [0.1, 0.15) is 11.5 Å². The topological polar surface area (TPSA) is 52.6 Å². The van der Waals surface area contributed by atoms with Crippen molar-refractivity contribution in [2.75, 3.05) is 0 Å². The molecule has 0 aliphatic carbocycles. The summed E-state index contributed by atoms with van der Waals surface area (Å²) < 4.78 is 8.59. The van der Waals surface area contributed by atoms with Crippen LogP contribution >= 0.6 is 95.6 Å². The van der Waals surface area contributed by atoms with E-state index in [0.717, 1.165) is 14.7 Å². The average molecular weight is 853 g/mol. The number of benzene rings is 3. The molecule has 0 N–H and O–H groups in total. The molecule has 0 aromatic heterocycles. The third kappa shape index (κ3) is 7.91. The second-order valence-corrected chi connectivity index (χ2v) is 21.9. The number of carbonyl (C=O) groups is 2. The van der Waals surface area contributed by atoms with Gasteiger partial charge in [-0.1, -0.05) is 36.4 Å². The van der Waals surface area contributed by atoms with Crippen LogP contribution in [0.1, 0.15) is 0 Å². The van der Waals surface area contributed by atoms with Crippen LogP contribution in [0.5, 0.6) is 11.5 Å². The van der Waals surface area contributed by atoms with Gasteiger partial charge in [-0.3, -0.25) is 0 Å². The van der Waals surface area contributed by atoms with E-state index in [-0.39, 0.29) is 11.5 Å². The van der Waals surface area contributed by atoms with E-state index >= 15 is 0 Å². The molecule has 0 saturated carbocycles. The van der Waals surface area contributed by atoms with Gasteiger partial charge in [0.25, 0.3) is 0 Å². The van der Waals surface area contributed by atoms with Gasteiger partial charge in [-0.05, 0) is 120 Å². The SMILES string of the molecule is O=C(Oc1cc(OC(=O)C(Br)(Br)Br)cc([S+](c2ccccc2)c2ccccc2)c1)C(Br)(Br)Br. The molecule has 0 heterocycles.